The van der Waals surface area contributed by atoms with Crippen LogP contribution in [-0.4, -0.2) is 37.2 Å². The fraction of sp³-hybridized carbons (Fsp3) is 0.188. The summed E-state index contributed by atoms with van der Waals surface area (Å²) in [6.07, 6.45) is 9.54. The van der Waals surface area contributed by atoms with Gasteiger partial charge in [-0.3, -0.25) is 24.1 Å². The van der Waals surface area contributed by atoms with Gasteiger partial charge >= 0.3 is 5.69 Å². The van der Waals surface area contributed by atoms with E-state index in [1.54, 1.807) is 17.0 Å². The Balaban J connectivity index is 1.34. The fourth-order valence-electron chi connectivity index (χ4n) is 5.72. The van der Waals surface area contributed by atoms with Crippen molar-refractivity contribution in [2.45, 2.75) is 18.8 Å². The minimum absolute atomic E-state index is 0.0817. The van der Waals surface area contributed by atoms with Gasteiger partial charge in [-0.2, -0.15) is 0 Å². The van der Waals surface area contributed by atoms with Crippen LogP contribution in [-0.2, 0) is 7.05 Å². The highest BCUT2D eigenvalue weighted by atomic mass is 16.1. The van der Waals surface area contributed by atoms with Gasteiger partial charge in [-0.05, 0) is 85.4 Å². The van der Waals surface area contributed by atoms with Gasteiger partial charge in [-0.1, -0.05) is 24.3 Å². The van der Waals surface area contributed by atoms with Crippen molar-refractivity contribution >= 4 is 21.9 Å². The van der Waals surface area contributed by atoms with Gasteiger partial charge in [0.25, 0.3) is 0 Å². The van der Waals surface area contributed by atoms with Crippen molar-refractivity contribution in [3.05, 3.63) is 108 Å². The molecule has 1 aliphatic rings. The number of aromatic nitrogens is 5. The summed E-state index contributed by atoms with van der Waals surface area (Å²) in [5.74, 6) is 0.565. The average Bonchev–Trinajstić information content (AvgIpc) is 3.27. The lowest BCUT2D eigenvalue weighted by molar-refractivity contribution is 0.460. The van der Waals surface area contributed by atoms with Crippen molar-refractivity contribution in [3.63, 3.8) is 0 Å². The van der Waals surface area contributed by atoms with E-state index in [1.807, 2.05) is 48.3 Å². The second-order valence-corrected chi connectivity index (χ2v) is 10.2. The van der Waals surface area contributed by atoms with E-state index in [0.29, 0.717) is 5.92 Å². The highest BCUT2D eigenvalue weighted by molar-refractivity contribution is 6.04. The Bertz CT molecular complexity index is 1850. The summed E-state index contributed by atoms with van der Waals surface area (Å²) in [4.78, 5) is 27.1. The summed E-state index contributed by atoms with van der Waals surface area (Å²) in [5, 5.41) is 4.37. The lowest BCUT2D eigenvalue weighted by atomic mass is 9.90. The van der Waals surface area contributed by atoms with E-state index in [4.69, 9.17) is 0 Å². The summed E-state index contributed by atoms with van der Waals surface area (Å²) in [5.41, 5.74) is 8.51. The third-order valence-corrected chi connectivity index (χ3v) is 7.90. The van der Waals surface area contributed by atoms with E-state index >= 15 is 0 Å². The maximum atomic E-state index is 13.5. The minimum atomic E-state index is -0.0817. The van der Waals surface area contributed by atoms with E-state index in [2.05, 4.69) is 62.7 Å². The van der Waals surface area contributed by atoms with Gasteiger partial charge in [0.1, 0.15) is 0 Å². The van der Waals surface area contributed by atoms with E-state index in [1.165, 1.54) is 5.56 Å². The standard InChI is InChI=1S/C32H28N6O/c1-37-30-20-36-29-11-6-23(24-7-10-28(35-19-24)25-3-2-14-34-18-25)17-27(29)31(30)38(32(37)39)26-8-4-21(5-9-26)22-12-15-33-16-13-22/h2-11,14,17-20,22,33H,12-13,15-16H2,1H3. The molecule has 0 unspecified atom stereocenters. The highest BCUT2D eigenvalue weighted by Gasteiger charge is 2.19. The molecule has 0 atom stereocenters. The molecule has 0 amide bonds. The third-order valence-electron chi connectivity index (χ3n) is 7.90. The maximum Gasteiger partial charge on any atom is 0.333 e. The molecule has 1 aliphatic heterocycles. The van der Waals surface area contributed by atoms with Crippen LogP contribution in [0.2, 0.25) is 0 Å². The Labute approximate surface area is 225 Å². The molecule has 1 N–H and O–H groups in total. The van der Waals surface area contributed by atoms with Gasteiger partial charge in [0.05, 0.1) is 34.1 Å². The molecule has 0 radical (unpaired) electrons. The molecule has 5 heterocycles. The number of piperidine rings is 1. The average molecular weight is 513 g/mol. The zero-order valence-electron chi connectivity index (χ0n) is 21.7. The smallest absolute Gasteiger partial charge is 0.317 e. The first-order chi connectivity index (χ1) is 19.2. The molecule has 7 heteroatoms. The molecular formula is C32H28N6O. The van der Waals surface area contributed by atoms with Gasteiger partial charge in [-0.25, -0.2) is 4.79 Å². The zero-order chi connectivity index (χ0) is 26.3. The van der Waals surface area contributed by atoms with E-state index in [0.717, 1.165) is 75.9 Å². The number of nitrogens with zero attached hydrogens (tertiary/aromatic N) is 5. The van der Waals surface area contributed by atoms with Crippen LogP contribution in [0.25, 0.3) is 50.0 Å². The Hall–Kier alpha value is -4.62. The van der Waals surface area contributed by atoms with Crippen LogP contribution in [0.4, 0.5) is 0 Å². The Morgan fingerprint density at radius 2 is 1.67 bits per heavy atom. The summed E-state index contributed by atoms with van der Waals surface area (Å²) in [7, 11) is 1.81. The molecule has 39 heavy (non-hydrogen) atoms. The maximum absolute atomic E-state index is 13.5. The molecule has 2 aromatic carbocycles. The van der Waals surface area contributed by atoms with Crippen molar-refractivity contribution in [1.82, 2.24) is 29.4 Å². The molecule has 1 fully saturated rings. The molecule has 1 saturated heterocycles. The largest absolute Gasteiger partial charge is 0.333 e. The number of hydrogen-bond donors (Lipinski definition) is 1. The van der Waals surface area contributed by atoms with Gasteiger partial charge in [-0.15, -0.1) is 0 Å². The molecule has 0 saturated carbocycles. The van der Waals surface area contributed by atoms with Gasteiger partial charge < -0.3 is 5.32 Å². The van der Waals surface area contributed by atoms with Crippen molar-refractivity contribution in [2.75, 3.05) is 13.1 Å². The quantitative estimate of drug-likeness (QED) is 0.339. The van der Waals surface area contributed by atoms with Crippen LogP contribution < -0.4 is 11.0 Å². The third kappa shape index (κ3) is 4.11. The molecule has 7 rings (SSSR count). The van der Waals surface area contributed by atoms with Gasteiger partial charge in [0.15, 0.2) is 0 Å². The number of fused-ring (bicyclic) bond motifs is 3. The first-order valence-electron chi connectivity index (χ1n) is 13.4. The lowest BCUT2D eigenvalue weighted by Gasteiger charge is -2.23. The van der Waals surface area contributed by atoms with Gasteiger partial charge in [0, 0.05) is 42.2 Å². The van der Waals surface area contributed by atoms with Crippen LogP contribution in [0.1, 0.15) is 24.3 Å². The lowest BCUT2D eigenvalue weighted by Crippen LogP contribution is -2.26. The minimum Gasteiger partial charge on any atom is -0.317 e. The first kappa shape index (κ1) is 23.5. The second kappa shape index (κ2) is 9.60. The van der Waals surface area contributed by atoms with E-state index in [-0.39, 0.29) is 5.69 Å². The summed E-state index contributed by atoms with van der Waals surface area (Å²) in [6.45, 7) is 2.11. The molecule has 0 bridgehead atoms. The van der Waals surface area contributed by atoms with Crippen molar-refractivity contribution < 1.29 is 0 Å². The second-order valence-electron chi connectivity index (χ2n) is 10.2. The zero-order valence-corrected chi connectivity index (χ0v) is 21.7. The number of aryl methyl sites for hydroxylation is 1. The monoisotopic (exact) mass is 512 g/mol. The van der Waals surface area contributed by atoms with E-state index in [9.17, 15) is 4.79 Å². The number of benzene rings is 2. The molecule has 0 aliphatic carbocycles. The Morgan fingerprint density at radius 3 is 2.41 bits per heavy atom. The number of pyridine rings is 3. The summed E-state index contributed by atoms with van der Waals surface area (Å²) < 4.78 is 3.50. The van der Waals surface area contributed by atoms with Crippen LogP contribution in [0.3, 0.4) is 0 Å². The van der Waals surface area contributed by atoms with Crippen molar-refractivity contribution in [3.8, 4) is 28.1 Å². The molecule has 4 aromatic heterocycles. The fourth-order valence-corrected chi connectivity index (χ4v) is 5.72. The van der Waals surface area contributed by atoms with E-state index < -0.39 is 0 Å². The van der Waals surface area contributed by atoms with Crippen LogP contribution in [0.15, 0.2) is 96.3 Å². The molecule has 192 valence electrons. The highest BCUT2D eigenvalue weighted by Crippen LogP contribution is 2.31. The SMILES string of the molecule is Cn1c(=O)n(-c2ccc(C3CCNCC3)cc2)c2c3cc(-c4ccc(-c5cccnc5)nc4)ccc3ncc21. The predicted molar refractivity (Wildman–Crippen MR) is 155 cm³/mol. The predicted octanol–water partition coefficient (Wildman–Crippen LogP) is 5.47. The normalized spacial score (nSPS) is 14.3. The number of hydrogen-bond acceptors (Lipinski definition) is 5. The number of imidazole rings is 1. The molecule has 7 nitrogen and oxygen atoms in total. The molecule has 0 spiro atoms. The summed E-state index contributed by atoms with van der Waals surface area (Å²) in [6, 6.07) is 22.7. The van der Waals surface area contributed by atoms with Crippen LogP contribution in [0.5, 0.6) is 0 Å². The number of rotatable bonds is 4. The molecular weight excluding hydrogens is 484 g/mol. The molecule has 6 aromatic rings. The van der Waals surface area contributed by atoms with Crippen molar-refractivity contribution in [1.29, 1.82) is 0 Å². The Kier molecular flexibility index (Phi) is 5.78. The van der Waals surface area contributed by atoms with Crippen molar-refractivity contribution in [2.24, 2.45) is 7.05 Å². The first-order valence-corrected chi connectivity index (χ1v) is 13.4. The van der Waals surface area contributed by atoms with Crippen LogP contribution >= 0.6 is 0 Å². The van der Waals surface area contributed by atoms with Crippen LogP contribution in [0, 0.1) is 0 Å². The topological polar surface area (TPSA) is 77.6 Å². The van der Waals surface area contributed by atoms with Gasteiger partial charge in [0.2, 0.25) is 0 Å². The Morgan fingerprint density at radius 1 is 0.846 bits per heavy atom. The summed E-state index contributed by atoms with van der Waals surface area (Å²) >= 11 is 0. The number of nitrogens with one attached hydrogen (secondary N) is 1.